The third-order valence-electron chi connectivity index (χ3n) is 12.7. The fourth-order valence-electron chi connectivity index (χ4n) is 9.49. The molecule has 4 amide bonds. The summed E-state index contributed by atoms with van der Waals surface area (Å²) in [5.41, 5.74) is 7.34. The maximum absolute atomic E-state index is 13.8. The van der Waals surface area contributed by atoms with Gasteiger partial charge in [0.25, 0.3) is 17.4 Å². The highest BCUT2D eigenvalue weighted by Gasteiger charge is 2.64. The number of hydrogen-bond acceptors (Lipinski definition) is 12. The zero-order valence-corrected chi connectivity index (χ0v) is 35.5. The van der Waals surface area contributed by atoms with Gasteiger partial charge in [0.2, 0.25) is 11.8 Å². The van der Waals surface area contributed by atoms with Crippen molar-refractivity contribution in [3.8, 4) is 17.5 Å². The topological polar surface area (TPSA) is 224 Å². The van der Waals surface area contributed by atoms with Crippen LogP contribution in [0.3, 0.4) is 0 Å². The second-order valence-corrected chi connectivity index (χ2v) is 17.8. The number of anilines is 1. The van der Waals surface area contributed by atoms with Crippen LogP contribution in [-0.2, 0) is 20.8 Å². The Bertz CT molecular complexity index is 2680. The Morgan fingerprint density at radius 3 is 2.32 bits per heavy atom. The number of rotatable bonds is 11. The van der Waals surface area contributed by atoms with Crippen molar-refractivity contribution in [1.82, 2.24) is 40.2 Å². The van der Waals surface area contributed by atoms with Gasteiger partial charge >= 0.3 is 0 Å². The van der Waals surface area contributed by atoms with Gasteiger partial charge in [-0.15, -0.1) is 10.2 Å². The highest BCUT2D eigenvalue weighted by atomic mass is 35.5. The molecule has 0 bridgehead atoms. The summed E-state index contributed by atoms with van der Waals surface area (Å²) in [4.78, 5) is 69.0. The van der Waals surface area contributed by atoms with Crippen LogP contribution >= 0.6 is 11.6 Å². The molecule has 0 spiro atoms. The maximum atomic E-state index is 13.8. The molecule has 3 aromatic carbocycles. The Balaban J connectivity index is 0.885. The van der Waals surface area contributed by atoms with Crippen LogP contribution in [0.1, 0.15) is 81.0 Å². The lowest BCUT2D eigenvalue weighted by atomic mass is 9.49. The summed E-state index contributed by atoms with van der Waals surface area (Å²) < 4.78 is 8.97. The highest BCUT2D eigenvalue weighted by Crippen LogP contribution is 2.55. The van der Waals surface area contributed by atoms with Gasteiger partial charge in [0.05, 0.1) is 33.6 Å². The third kappa shape index (κ3) is 7.74. The molecule has 2 aromatic heterocycles. The Hall–Kier alpha value is -6.67. The lowest BCUT2D eigenvalue weighted by Gasteiger charge is -2.63. The largest absolute Gasteiger partial charge is 0.489 e. The standard InChI is InChI=1S/C44H46ClN11O6/c1-43(2)41(44(3,4)42(43)62-31-11-7-27(23-46)33(45)22-31)48-38(59)26-5-8-29(9-6-26)55-24-28(49-51-55)17-20-54-36(57)14-13-35(40(54)61)56-39(60)32-21-30(10-12-34(32)50-52-56)53-18-15-25(16-19-53)37(47)58/h5-12,21-22,24-25,35,41-42H,13-20H2,1-4H3,(H2,47,58)(H,48,59). The number of benzene rings is 3. The molecule has 1 saturated carbocycles. The lowest BCUT2D eigenvalue weighted by molar-refractivity contribution is -0.164. The van der Waals surface area contributed by atoms with Crippen molar-refractivity contribution in [2.45, 2.75) is 78.0 Å². The molecule has 8 rings (SSSR count). The second-order valence-electron chi connectivity index (χ2n) is 17.4. The average molecular weight is 860 g/mol. The Kier molecular flexibility index (Phi) is 11.1. The first kappa shape index (κ1) is 42.0. The van der Waals surface area contributed by atoms with E-state index in [1.54, 1.807) is 65.5 Å². The molecule has 3 fully saturated rings. The summed E-state index contributed by atoms with van der Waals surface area (Å²) in [5, 5.41) is 29.9. The van der Waals surface area contributed by atoms with Gasteiger partial charge < -0.3 is 20.7 Å². The minimum Gasteiger partial charge on any atom is -0.489 e. The van der Waals surface area contributed by atoms with Crippen molar-refractivity contribution >= 4 is 51.8 Å². The molecule has 1 unspecified atom stereocenters. The summed E-state index contributed by atoms with van der Waals surface area (Å²) in [7, 11) is 0. The van der Waals surface area contributed by atoms with Crippen molar-refractivity contribution in [3.63, 3.8) is 0 Å². The lowest BCUT2D eigenvalue weighted by Crippen LogP contribution is -2.74. The smallest absolute Gasteiger partial charge is 0.278 e. The SMILES string of the molecule is CC1(C)C(NC(=O)c2ccc(-n3cc(CCN4C(=O)CCC(n5nnc6ccc(N7CCC(C(N)=O)CC7)cc6c5=O)C4=O)nn3)cc2)C(C)(C)C1Oc1ccc(C#N)c(Cl)c1. The van der Waals surface area contributed by atoms with E-state index in [9.17, 15) is 29.2 Å². The Morgan fingerprint density at radius 2 is 1.65 bits per heavy atom. The summed E-state index contributed by atoms with van der Waals surface area (Å²) in [6.45, 7) is 9.40. The van der Waals surface area contributed by atoms with Crippen LogP contribution in [0, 0.1) is 28.1 Å². The van der Waals surface area contributed by atoms with E-state index < -0.39 is 28.3 Å². The number of nitrogens with zero attached hydrogens (tertiary/aromatic N) is 9. The first-order valence-electron chi connectivity index (χ1n) is 20.5. The molecule has 3 N–H and O–H groups in total. The number of ether oxygens (including phenoxy) is 1. The number of carbonyl (C=O) groups is 4. The molecular weight excluding hydrogens is 814 g/mol. The molecular formula is C44H46ClN11O6. The van der Waals surface area contributed by atoms with E-state index in [2.05, 4.69) is 30.8 Å². The molecule has 0 radical (unpaired) electrons. The first-order chi connectivity index (χ1) is 29.6. The minimum absolute atomic E-state index is 0.0219. The Morgan fingerprint density at radius 1 is 0.935 bits per heavy atom. The van der Waals surface area contributed by atoms with E-state index in [4.69, 9.17) is 22.1 Å². The average Bonchev–Trinajstić information content (AvgIpc) is 3.74. The third-order valence-corrected chi connectivity index (χ3v) is 13.0. The molecule has 4 heterocycles. The predicted molar refractivity (Wildman–Crippen MR) is 227 cm³/mol. The van der Waals surface area contributed by atoms with E-state index in [1.807, 2.05) is 39.8 Å². The van der Waals surface area contributed by atoms with Crippen molar-refractivity contribution in [2.75, 3.05) is 24.5 Å². The number of aromatic nitrogens is 6. The fourth-order valence-corrected chi connectivity index (χ4v) is 9.70. The molecule has 18 heteroatoms. The Labute approximate surface area is 361 Å². The van der Waals surface area contributed by atoms with Gasteiger partial charge in [0.1, 0.15) is 29.5 Å². The number of imide groups is 1. The molecule has 62 heavy (non-hydrogen) atoms. The van der Waals surface area contributed by atoms with E-state index in [1.165, 1.54) is 0 Å². The van der Waals surface area contributed by atoms with E-state index in [-0.39, 0.29) is 61.6 Å². The van der Waals surface area contributed by atoms with Gasteiger partial charge in [-0.3, -0.25) is 28.9 Å². The molecule has 2 aliphatic heterocycles. The molecule has 1 atom stereocenters. The number of primary amides is 1. The first-order valence-corrected chi connectivity index (χ1v) is 20.9. The van der Waals surface area contributed by atoms with E-state index in [0.29, 0.717) is 70.1 Å². The van der Waals surface area contributed by atoms with Gasteiger partial charge in [-0.1, -0.05) is 49.7 Å². The molecule has 3 aliphatic rings. The number of nitrogens with two attached hydrogens (primary N) is 1. The van der Waals surface area contributed by atoms with Crippen molar-refractivity contribution in [1.29, 1.82) is 5.26 Å². The number of amides is 4. The van der Waals surface area contributed by atoms with Gasteiger partial charge in [-0.2, -0.15) is 9.94 Å². The van der Waals surface area contributed by atoms with Crippen LogP contribution in [0.2, 0.25) is 5.02 Å². The fraction of sp³-hybridized carbons (Fsp3) is 0.409. The van der Waals surface area contributed by atoms with Crippen LogP contribution < -0.4 is 26.2 Å². The second kappa shape index (κ2) is 16.3. The number of nitrogens with one attached hydrogen (secondary N) is 1. The molecule has 2 saturated heterocycles. The highest BCUT2D eigenvalue weighted by molar-refractivity contribution is 6.31. The monoisotopic (exact) mass is 859 g/mol. The summed E-state index contributed by atoms with van der Waals surface area (Å²) in [5.74, 6) is -1.07. The minimum atomic E-state index is -1.01. The zero-order chi connectivity index (χ0) is 44.1. The van der Waals surface area contributed by atoms with Gasteiger partial charge in [0.15, 0.2) is 0 Å². The summed E-state index contributed by atoms with van der Waals surface area (Å²) in [6.07, 6.45) is 3.06. The van der Waals surface area contributed by atoms with Crippen molar-refractivity contribution in [2.24, 2.45) is 22.5 Å². The van der Waals surface area contributed by atoms with Crippen molar-refractivity contribution < 1.29 is 23.9 Å². The number of halogens is 1. The number of fused-ring (bicyclic) bond motifs is 1. The number of likely N-dealkylation sites (tertiary alicyclic amines) is 1. The number of hydrogen-bond donors (Lipinski definition) is 2. The van der Waals surface area contributed by atoms with Crippen LogP contribution in [-0.4, -0.2) is 90.3 Å². The van der Waals surface area contributed by atoms with E-state index in [0.717, 1.165) is 15.3 Å². The van der Waals surface area contributed by atoms with Gasteiger partial charge in [0, 0.05) is 72.6 Å². The number of carbonyl (C=O) groups excluding carboxylic acids is 4. The predicted octanol–water partition coefficient (Wildman–Crippen LogP) is 4.14. The van der Waals surface area contributed by atoms with Gasteiger partial charge in [-0.05, 0) is 73.9 Å². The van der Waals surface area contributed by atoms with Crippen LogP contribution in [0.25, 0.3) is 16.6 Å². The molecule has 17 nitrogen and oxygen atoms in total. The normalized spacial score (nSPS) is 21.0. The molecule has 320 valence electrons. The van der Waals surface area contributed by atoms with Crippen LogP contribution in [0.15, 0.2) is 71.7 Å². The van der Waals surface area contributed by atoms with E-state index >= 15 is 0 Å². The van der Waals surface area contributed by atoms with Crippen molar-refractivity contribution in [3.05, 3.63) is 99.1 Å². The number of nitriles is 1. The van der Waals surface area contributed by atoms with Gasteiger partial charge in [-0.25, -0.2) is 4.68 Å². The quantitative estimate of drug-likeness (QED) is 0.179. The zero-order valence-electron chi connectivity index (χ0n) is 34.7. The molecule has 1 aliphatic carbocycles. The number of piperidine rings is 2. The van der Waals surface area contributed by atoms with Crippen LogP contribution in [0.4, 0.5) is 5.69 Å². The molecule has 5 aromatic rings. The summed E-state index contributed by atoms with van der Waals surface area (Å²) in [6, 6.07) is 18.0. The maximum Gasteiger partial charge on any atom is 0.278 e. The van der Waals surface area contributed by atoms with Crippen LogP contribution in [0.5, 0.6) is 5.75 Å². The summed E-state index contributed by atoms with van der Waals surface area (Å²) >= 11 is 6.24.